The number of hydrogen-bond acceptors (Lipinski definition) is 5. The maximum Gasteiger partial charge on any atom is 0.274 e. The summed E-state index contributed by atoms with van der Waals surface area (Å²) in [5.74, 6) is -0.624. The van der Waals surface area contributed by atoms with E-state index in [1.807, 2.05) is 18.2 Å². The molecular formula is C27H36N6O3. The molecule has 3 amide bonds. The van der Waals surface area contributed by atoms with E-state index in [2.05, 4.69) is 27.4 Å². The van der Waals surface area contributed by atoms with E-state index in [-0.39, 0.29) is 36.0 Å². The Hall–Kier alpha value is -3.36. The van der Waals surface area contributed by atoms with Crippen LogP contribution in [0.2, 0.25) is 0 Å². The second-order valence-electron chi connectivity index (χ2n) is 10.5. The predicted octanol–water partition coefficient (Wildman–Crippen LogP) is 2.53. The molecule has 0 unspecified atom stereocenters. The number of nitrogens with one attached hydrogen (secondary N) is 1. The second kappa shape index (κ2) is 9.95. The van der Waals surface area contributed by atoms with Gasteiger partial charge in [0.15, 0.2) is 5.69 Å². The molecule has 36 heavy (non-hydrogen) atoms. The lowest BCUT2D eigenvalue weighted by atomic mass is 9.95. The highest BCUT2D eigenvalue weighted by molar-refractivity contribution is 6.01. The van der Waals surface area contributed by atoms with Gasteiger partial charge < -0.3 is 20.0 Å². The van der Waals surface area contributed by atoms with Crippen LogP contribution in [-0.4, -0.2) is 82.1 Å². The molecule has 0 bridgehead atoms. The van der Waals surface area contributed by atoms with Gasteiger partial charge >= 0.3 is 0 Å². The molecular weight excluding hydrogens is 456 g/mol. The molecule has 192 valence electrons. The maximum absolute atomic E-state index is 13.4. The number of anilines is 1. The fourth-order valence-corrected chi connectivity index (χ4v) is 5.56. The largest absolute Gasteiger partial charge is 0.368 e. The summed E-state index contributed by atoms with van der Waals surface area (Å²) in [6.07, 6.45) is 6.59. The lowest BCUT2D eigenvalue weighted by Gasteiger charge is -2.41. The van der Waals surface area contributed by atoms with Crippen LogP contribution in [0.3, 0.4) is 0 Å². The molecule has 3 heterocycles. The molecule has 5 rings (SSSR count). The van der Waals surface area contributed by atoms with E-state index in [9.17, 15) is 14.4 Å². The quantitative estimate of drug-likeness (QED) is 0.663. The van der Waals surface area contributed by atoms with E-state index < -0.39 is 5.54 Å². The average molecular weight is 493 g/mol. The van der Waals surface area contributed by atoms with Crippen molar-refractivity contribution in [2.75, 3.05) is 38.1 Å². The van der Waals surface area contributed by atoms with Crippen molar-refractivity contribution in [3.63, 3.8) is 0 Å². The van der Waals surface area contributed by atoms with Crippen LogP contribution in [0, 0.1) is 0 Å². The summed E-state index contributed by atoms with van der Waals surface area (Å²) < 4.78 is 1.54. The van der Waals surface area contributed by atoms with Crippen LogP contribution >= 0.6 is 0 Å². The highest BCUT2D eigenvalue weighted by atomic mass is 16.2. The number of amides is 3. The minimum Gasteiger partial charge on any atom is -0.368 e. The van der Waals surface area contributed by atoms with E-state index in [1.54, 1.807) is 29.6 Å². The van der Waals surface area contributed by atoms with Crippen LogP contribution in [0.5, 0.6) is 0 Å². The monoisotopic (exact) mass is 492 g/mol. The highest BCUT2D eigenvalue weighted by Crippen LogP contribution is 2.28. The first-order chi connectivity index (χ1) is 17.4. The lowest BCUT2D eigenvalue weighted by Crippen LogP contribution is -2.63. The summed E-state index contributed by atoms with van der Waals surface area (Å²) in [6, 6.07) is 11.9. The summed E-state index contributed by atoms with van der Waals surface area (Å²) in [5, 5.41) is 7.71. The number of para-hydroxylation sites is 1. The van der Waals surface area contributed by atoms with Crippen molar-refractivity contribution >= 4 is 23.4 Å². The Labute approximate surface area is 212 Å². The average Bonchev–Trinajstić information content (AvgIpc) is 3.15. The van der Waals surface area contributed by atoms with Gasteiger partial charge in [-0.1, -0.05) is 43.9 Å². The molecule has 3 aliphatic rings. The molecule has 1 saturated heterocycles. The molecule has 1 aromatic heterocycles. The summed E-state index contributed by atoms with van der Waals surface area (Å²) in [6.45, 7) is 4.66. The van der Waals surface area contributed by atoms with Gasteiger partial charge in [-0.2, -0.15) is 5.10 Å². The van der Waals surface area contributed by atoms with Gasteiger partial charge in [-0.05, 0) is 31.9 Å². The van der Waals surface area contributed by atoms with E-state index in [0.717, 1.165) is 44.5 Å². The van der Waals surface area contributed by atoms with Crippen LogP contribution in [0.15, 0.2) is 36.4 Å². The zero-order chi connectivity index (χ0) is 25.3. The first-order valence-electron chi connectivity index (χ1n) is 13.1. The number of benzene rings is 1. The Balaban J connectivity index is 1.27. The normalized spacial score (nSPS) is 23.3. The number of hydrogen-bond donors (Lipinski definition) is 1. The van der Waals surface area contributed by atoms with Gasteiger partial charge in [0, 0.05) is 51.0 Å². The van der Waals surface area contributed by atoms with Gasteiger partial charge in [0.2, 0.25) is 5.91 Å². The Morgan fingerprint density at radius 2 is 1.67 bits per heavy atom. The fraction of sp³-hybridized carbons (Fsp3) is 0.556. The zero-order valence-electron chi connectivity index (χ0n) is 21.3. The van der Waals surface area contributed by atoms with Crippen LogP contribution in [0.25, 0.3) is 0 Å². The number of nitrogens with zero attached hydrogens (tertiary/aromatic N) is 5. The third-order valence-electron chi connectivity index (χ3n) is 8.09. The van der Waals surface area contributed by atoms with Gasteiger partial charge in [0.1, 0.15) is 11.2 Å². The summed E-state index contributed by atoms with van der Waals surface area (Å²) in [5.41, 5.74) is 0.693. The topological polar surface area (TPSA) is 90.8 Å². The third-order valence-corrected chi connectivity index (χ3v) is 8.09. The van der Waals surface area contributed by atoms with Gasteiger partial charge in [-0.25, -0.2) is 0 Å². The van der Waals surface area contributed by atoms with Crippen molar-refractivity contribution in [3.05, 3.63) is 47.8 Å². The first-order valence-corrected chi connectivity index (χ1v) is 13.1. The molecule has 2 fully saturated rings. The molecule has 2 aromatic rings. The number of likely N-dealkylation sites (N-methyl/N-ethyl adjacent to an activating group) is 1. The lowest BCUT2D eigenvalue weighted by molar-refractivity contribution is -0.133. The Kier molecular flexibility index (Phi) is 6.73. The van der Waals surface area contributed by atoms with Crippen LogP contribution in [0.1, 0.15) is 66.4 Å². The molecule has 1 aliphatic carbocycles. The number of aromatic nitrogens is 2. The number of carbonyl (C=O) groups is 3. The second-order valence-corrected chi connectivity index (χ2v) is 10.5. The van der Waals surface area contributed by atoms with Crippen molar-refractivity contribution in [1.82, 2.24) is 24.9 Å². The molecule has 1 aromatic carbocycles. The number of piperazine rings is 1. The number of fused-ring (bicyclic) bond motifs is 1. The van der Waals surface area contributed by atoms with Crippen LogP contribution in [0.4, 0.5) is 5.69 Å². The Morgan fingerprint density at radius 3 is 2.33 bits per heavy atom. The molecule has 9 heteroatoms. The van der Waals surface area contributed by atoms with Crippen LogP contribution < -0.4 is 10.2 Å². The summed E-state index contributed by atoms with van der Waals surface area (Å²) in [7, 11) is 1.66. The predicted molar refractivity (Wildman–Crippen MR) is 137 cm³/mol. The third kappa shape index (κ3) is 4.58. The van der Waals surface area contributed by atoms with Crippen molar-refractivity contribution < 1.29 is 14.4 Å². The molecule has 1 N–H and O–H groups in total. The van der Waals surface area contributed by atoms with Crippen molar-refractivity contribution in [2.24, 2.45) is 0 Å². The van der Waals surface area contributed by atoms with Crippen molar-refractivity contribution in [3.8, 4) is 0 Å². The number of rotatable bonds is 4. The summed E-state index contributed by atoms with van der Waals surface area (Å²) >= 11 is 0. The smallest absolute Gasteiger partial charge is 0.274 e. The van der Waals surface area contributed by atoms with E-state index in [4.69, 9.17) is 0 Å². The van der Waals surface area contributed by atoms with Gasteiger partial charge in [-0.3, -0.25) is 19.1 Å². The summed E-state index contributed by atoms with van der Waals surface area (Å²) in [4.78, 5) is 45.4. The minimum atomic E-state index is -1.07. The van der Waals surface area contributed by atoms with E-state index in [0.29, 0.717) is 18.8 Å². The molecule has 0 radical (unpaired) electrons. The molecule has 9 nitrogen and oxygen atoms in total. The zero-order valence-corrected chi connectivity index (χ0v) is 21.3. The van der Waals surface area contributed by atoms with E-state index >= 15 is 0 Å². The standard InChI is InChI=1S/C27H36N6O3/c1-27(26(36)28-20-10-6-3-4-7-11-20)19-33-23(25(35)30(27)2)18-22(29-33)24(34)32-16-14-31(15-17-32)21-12-8-5-9-13-21/h5,8-9,12-13,18,20H,3-4,6-7,10-11,14-17,19H2,1-2H3,(H,28,36)/t27-/m1/s1. The molecule has 2 aliphatic heterocycles. The van der Waals surface area contributed by atoms with Gasteiger partial charge in [-0.15, -0.1) is 0 Å². The SMILES string of the molecule is CN1C(=O)c2cc(C(=O)N3CCN(c4ccccc4)CC3)nn2C[C@]1(C)C(=O)NC1CCCCCC1. The molecule has 1 saturated carbocycles. The van der Waals surface area contributed by atoms with Gasteiger partial charge in [0.25, 0.3) is 11.8 Å². The highest BCUT2D eigenvalue weighted by Gasteiger charge is 2.47. The molecule has 0 spiro atoms. The maximum atomic E-state index is 13.4. The minimum absolute atomic E-state index is 0.144. The van der Waals surface area contributed by atoms with Crippen molar-refractivity contribution in [2.45, 2.75) is 63.6 Å². The Bertz CT molecular complexity index is 1120. The Morgan fingerprint density at radius 1 is 1.00 bits per heavy atom. The van der Waals surface area contributed by atoms with Gasteiger partial charge in [0.05, 0.1) is 6.54 Å². The fourth-order valence-electron chi connectivity index (χ4n) is 5.56. The van der Waals surface area contributed by atoms with Crippen molar-refractivity contribution in [1.29, 1.82) is 0 Å². The van der Waals surface area contributed by atoms with Crippen LogP contribution in [-0.2, 0) is 11.3 Å². The van der Waals surface area contributed by atoms with E-state index in [1.165, 1.54) is 17.7 Å². The first kappa shape index (κ1) is 24.3. The number of carbonyl (C=O) groups excluding carboxylic acids is 3. The molecule has 1 atom stereocenters.